The van der Waals surface area contributed by atoms with Crippen molar-refractivity contribution in [3.63, 3.8) is 0 Å². The highest BCUT2D eigenvalue weighted by Gasteiger charge is 2.15. The number of carboxylic acid groups (broad SMARTS) is 1. The monoisotopic (exact) mass is 223 g/mol. The number of ether oxygens (including phenoxy) is 1. The molecule has 1 aromatic rings. The summed E-state index contributed by atoms with van der Waals surface area (Å²) in [5, 5.41) is 9.04. The van der Waals surface area contributed by atoms with Crippen LogP contribution in [0.1, 0.15) is 36.2 Å². The zero-order chi connectivity index (χ0) is 12.1. The summed E-state index contributed by atoms with van der Waals surface area (Å²) in [6, 6.07) is 1.67. The summed E-state index contributed by atoms with van der Waals surface area (Å²) < 4.78 is 5.40. The van der Waals surface area contributed by atoms with Crippen molar-refractivity contribution in [1.82, 2.24) is 4.98 Å². The Balaban J connectivity index is 2.79. The Morgan fingerprint density at radius 3 is 2.81 bits per heavy atom. The van der Waals surface area contributed by atoms with Gasteiger partial charge in [-0.2, -0.15) is 0 Å². The first-order valence-corrected chi connectivity index (χ1v) is 5.34. The normalized spacial score (nSPS) is 10.5. The third kappa shape index (κ3) is 3.22. The van der Waals surface area contributed by atoms with Gasteiger partial charge in [-0.25, -0.2) is 9.78 Å². The Labute approximate surface area is 95.3 Å². The number of rotatable bonds is 5. The van der Waals surface area contributed by atoms with Gasteiger partial charge in [0.15, 0.2) is 0 Å². The molecule has 1 heterocycles. The highest BCUT2D eigenvalue weighted by atomic mass is 16.5. The van der Waals surface area contributed by atoms with Gasteiger partial charge in [-0.1, -0.05) is 13.8 Å². The van der Waals surface area contributed by atoms with Crippen LogP contribution in [0.3, 0.4) is 0 Å². The van der Waals surface area contributed by atoms with Crippen LogP contribution in [0, 0.1) is 12.8 Å². The summed E-state index contributed by atoms with van der Waals surface area (Å²) in [5.74, 6) is -0.253. The van der Waals surface area contributed by atoms with Gasteiger partial charge in [-0.3, -0.25) is 0 Å². The number of aromatic carboxylic acids is 1. The number of carboxylic acids is 1. The highest BCUT2D eigenvalue weighted by Crippen LogP contribution is 2.19. The summed E-state index contributed by atoms with van der Waals surface area (Å²) in [6.07, 6.45) is 2.45. The fraction of sp³-hybridized carbons (Fsp3) is 0.500. The fourth-order valence-corrected chi connectivity index (χ4v) is 1.29. The van der Waals surface area contributed by atoms with Gasteiger partial charge >= 0.3 is 5.97 Å². The molecule has 0 radical (unpaired) electrons. The largest absolute Gasteiger partial charge is 0.477 e. The predicted octanol–water partition coefficient (Wildman–Crippen LogP) is 2.51. The van der Waals surface area contributed by atoms with Crippen LogP contribution < -0.4 is 4.74 Å². The maximum Gasteiger partial charge on any atom is 0.341 e. The van der Waals surface area contributed by atoms with Crippen LogP contribution >= 0.6 is 0 Å². The molecule has 0 spiro atoms. The van der Waals surface area contributed by atoms with Crippen LogP contribution in [-0.2, 0) is 0 Å². The molecule has 1 rings (SSSR count). The zero-order valence-electron chi connectivity index (χ0n) is 9.86. The van der Waals surface area contributed by atoms with Crippen molar-refractivity contribution in [3.8, 4) is 5.88 Å². The van der Waals surface area contributed by atoms with Gasteiger partial charge in [0.05, 0.1) is 6.61 Å². The van der Waals surface area contributed by atoms with Crippen molar-refractivity contribution >= 4 is 5.97 Å². The van der Waals surface area contributed by atoms with Crippen molar-refractivity contribution < 1.29 is 14.6 Å². The molecule has 4 nitrogen and oxygen atoms in total. The van der Waals surface area contributed by atoms with E-state index in [1.165, 1.54) is 0 Å². The molecular formula is C12H17NO3. The van der Waals surface area contributed by atoms with E-state index < -0.39 is 5.97 Å². The number of nitrogens with zero attached hydrogens (tertiary/aromatic N) is 1. The van der Waals surface area contributed by atoms with Gasteiger partial charge in [0.1, 0.15) is 5.56 Å². The van der Waals surface area contributed by atoms with Crippen molar-refractivity contribution in [2.24, 2.45) is 5.92 Å². The van der Waals surface area contributed by atoms with Crippen LogP contribution in [0.4, 0.5) is 0 Å². The average Bonchev–Trinajstić information content (AvgIpc) is 2.16. The summed E-state index contributed by atoms with van der Waals surface area (Å²) in [5.41, 5.74) is 0.827. The number of hydrogen-bond donors (Lipinski definition) is 1. The topological polar surface area (TPSA) is 59.4 Å². The molecule has 0 aliphatic heterocycles. The smallest absolute Gasteiger partial charge is 0.341 e. The molecule has 4 heteroatoms. The van der Waals surface area contributed by atoms with Crippen molar-refractivity contribution in [1.29, 1.82) is 0 Å². The molecule has 1 N–H and O–H groups in total. The van der Waals surface area contributed by atoms with Gasteiger partial charge in [0.2, 0.25) is 5.88 Å². The van der Waals surface area contributed by atoms with Gasteiger partial charge in [-0.15, -0.1) is 0 Å². The van der Waals surface area contributed by atoms with Crippen LogP contribution in [0.15, 0.2) is 12.3 Å². The van der Waals surface area contributed by atoms with E-state index >= 15 is 0 Å². The molecule has 0 amide bonds. The van der Waals surface area contributed by atoms with E-state index in [0.717, 1.165) is 6.42 Å². The number of pyridine rings is 1. The van der Waals surface area contributed by atoms with Gasteiger partial charge in [0.25, 0.3) is 0 Å². The first kappa shape index (κ1) is 12.5. The third-order valence-corrected chi connectivity index (χ3v) is 2.27. The minimum absolute atomic E-state index is 0.159. The summed E-state index contributed by atoms with van der Waals surface area (Å²) >= 11 is 0. The molecule has 0 saturated heterocycles. The molecule has 0 aromatic carbocycles. The molecule has 0 unspecified atom stereocenters. The molecular weight excluding hydrogens is 206 g/mol. The van der Waals surface area contributed by atoms with Gasteiger partial charge in [0, 0.05) is 6.20 Å². The second-order valence-electron chi connectivity index (χ2n) is 4.14. The summed E-state index contributed by atoms with van der Waals surface area (Å²) in [4.78, 5) is 15.0. The lowest BCUT2D eigenvalue weighted by Crippen LogP contribution is -2.09. The van der Waals surface area contributed by atoms with E-state index in [9.17, 15) is 4.79 Å². The maximum atomic E-state index is 11.0. The Morgan fingerprint density at radius 1 is 1.56 bits per heavy atom. The number of aryl methyl sites for hydroxylation is 1. The summed E-state index contributed by atoms with van der Waals surface area (Å²) in [7, 11) is 0. The third-order valence-electron chi connectivity index (χ3n) is 2.27. The minimum atomic E-state index is -0.995. The van der Waals surface area contributed by atoms with Crippen LogP contribution in [0.5, 0.6) is 5.88 Å². The van der Waals surface area contributed by atoms with E-state index in [1.807, 2.05) is 0 Å². The highest BCUT2D eigenvalue weighted by molar-refractivity contribution is 5.91. The molecule has 0 saturated carbocycles. The van der Waals surface area contributed by atoms with Gasteiger partial charge < -0.3 is 9.84 Å². The number of hydrogen-bond acceptors (Lipinski definition) is 3. The molecule has 88 valence electrons. The lowest BCUT2D eigenvalue weighted by atomic mass is 10.1. The molecule has 1 aromatic heterocycles. The number of carbonyl (C=O) groups is 1. The molecule has 0 fully saturated rings. The SMILES string of the molecule is Cc1ccnc(OCCC(C)C)c1C(=O)O. The second-order valence-corrected chi connectivity index (χ2v) is 4.14. The van der Waals surface area contributed by atoms with Crippen LogP contribution in [-0.4, -0.2) is 22.7 Å². The van der Waals surface area contributed by atoms with Crippen molar-refractivity contribution in [2.75, 3.05) is 6.61 Å². The van der Waals surface area contributed by atoms with E-state index in [1.54, 1.807) is 19.2 Å². The minimum Gasteiger partial charge on any atom is -0.477 e. The van der Waals surface area contributed by atoms with Gasteiger partial charge in [-0.05, 0) is 30.9 Å². The Morgan fingerprint density at radius 2 is 2.25 bits per heavy atom. The van der Waals surface area contributed by atoms with Crippen molar-refractivity contribution in [2.45, 2.75) is 27.2 Å². The Hall–Kier alpha value is -1.58. The standard InChI is InChI=1S/C12H17NO3/c1-8(2)5-7-16-11-10(12(14)15)9(3)4-6-13-11/h4,6,8H,5,7H2,1-3H3,(H,14,15). The molecule has 0 atom stereocenters. The van der Waals surface area contributed by atoms with Crippen LogP contribution in [0.2, 0.25) is 0 Å². The fourth-order valence-electron chi connectivity index (χ4n) is 1.29. The summed E-state index contributed by atoms with van der Waals surface area (Å²) in [6.45, 7) is 6.41. The van der Waals surface area contributed by atoms with E-state index in [4.69, 9.17) is 9.84 Å². The van der Waals surface area contributed by atoms with Crippen molar-refractivity contribution in [3.05, 3.63) is 23.4 Å². The second kappa shape index (κ2) is 5.49. The van der Waals surface area contributed by atoms with E-state index in [2.05, 4.69) is 18.8 Å². The zero-order valence-corrected chi connectivity index (χ0v) is 9.86. The molecule has 0 bridgehead atoms. The van der Waals surface area contributed by atoms with E-state index in [-0.39, 0.29) is 11.4 Å². The predicted molar refractivity (Wildman–Crippen MR) is 60.9 cm³/mol. The maximum absolute atomic E-state index is 11.0. The average molecular weight is 223 g/mol. The number of aromatic nitrogens is 1. The Kier molecular flexibility index (Phi) is 4.28. The Bertz CT molecular complexity index is 375. The molecule has 16 heavy (non-hydrogen) atoms. The molecule has 0 aliphatic carbocycles. The lowest BCUT2D eigenvalue weighted by Gasteiger charge is -2.10. The molecule has 0 aliphatic rings. The van der Waals surface area contributed by atoms with Crippen LogP contribution in [0.25, 0.3) is 0 Å². The lowest BCUT2D eigenvalue weighted by molar-refractivity contribution is 0.0690. The van der Waals surface area contributed by atoms with E-state index in [0.29, 0.717) is 18.1 Å². The first-order valence-electron chi connectivity index (χ1n) is 5.34. The quantitative estimate of drug-likeness (QED) is 0.833. The first-order chi connectivity index (χ1) is 7.52.